The molecule has 1 aromatic rings. The zero-order valence-corrected chi connectivity index (χ0v) is 13.5. The van der Waals surface area contributed by atoms with E-state index in [0.29, 0.717) is 0 Å². The van der Waals surface area contributed by atoms with Crippen molar-refractivity contribution in [1.82, 2.24) is 5.32 Å². The molecule has 1 rings (SSSR count). The number of aryl methyl sites for hydroxylation is 2. The van der Waals surface area contributed by atoms with E-state index in [-0.39, 0.29) is 12.1 Å². The number of rotatable bonds is 8. The topological polar surface area (TPSA) is 41.5 Å². The van der Waals surface area contributed by atoms with Crippen molar-refractivity contribution in [2.45, 2.75) is 52.5 Å². The van der Waals surface area contributed by atoms with Crippen molar-refractivity contribution < 1.29 is 9.84 Å². The Morgan fingerprint density at radius 1 is 1.15 bits per heavy atom. The fraction of sp³-hybridized carbons (Fsp3) is 0.647. The first-order chi connectivity index (χ1) is 9.43. The summed E-state index contributed by atoms with van der Waals surface area (Å²) in [5.41, 5.74) is 3.53. The number of nitrogens with one attached hydrogen (secondary N) is 1. The Hall–Kier alpha value is -1.06. The Balaban J connectivity index is 2.41. The van der Waals surface area contributed by atoms with Crippen molar-refractivity contribution in [3.63, 3.8) is 0 Å². The summed E-state index contributed by atoms with van der Waals surface area (Å²) in [6, 6.07) is 4.25. The van der Waals surface area contributed by atoms with Gasteiger partial charge in [-0.25, -0.2) is 0 Å². The lowest BCUT2D eigenvalue weighted by atomic mass is 9.96. The Bertz CT molecular complexity index is 425. The van der Waals surface area contributed by atoms with Gasteiger partial charge in [0, 0.05) is 5.54 Å². The molecule has 0 aliphatic carbocycles. The summed E-state index contributed by atoms with van der Waals surface area (Å²) in [5.74, 6) is 1.03. The predicted octanol–water partition coefficient (Wildman–Crippen LogP) is 3.13. The first kappa shape index (κ1) is 17.0. The molecule has 0 aliphatic heterocycles. The molecule has 0 heterocycles. The molecule has 1 aromatic carbocycles. The van der Waals surface area contributed by atoms with Gasteiger partial charge in [-0.1, -0.05) is 12.1 Å². The van der Waals surface area contributed by atoms with Crippen molar-refractivity contribution in [3.8, 4) is 5.75 Å². The van der Waals surface area contributed by atoms with Crippen LogP contribution < -0.4 is 10.1 Å². The van der Waals surface area contributed by atoms with Crippen LogP contribution in [0.5, 0.6) is 5.75 Å². The fourth-order valence-corrected chi connectivity index (χ4v) is 2.22. The molecule has 0 radical (unpaired) electrons. The summed E-state index contributed by atoms with van der Waals surface area (Å²) in [7, 11) is 1.90. The monoisotopic (exact) mass is 279 g/mol. The standard InChI is InChI=1S/C17H29NO2/c1-13-8-9-14(2)16(15(13)3)20-11-7-6-10-17(4,12-19)18-5/h8-9,18-19H,6-7,10-12H2,1-5H3. The maximum absolute atomic E-state index is 9.33. The van der Waals surface area contributed by atoms with Crippen LogP contribution in [0, 0.1) is 20.8 Å². The quantitative estimate of drug-likeness (QED) is 0.718. The van der Waals surface area contributed by atoms with Gasteiger partial charge in [0.05, 0.1) is 13.2 Å². The van der Waals surface area contributed by atoms with Crippen molar-refractivity contribution in [3.05, 3.63) is 28.8 Å². The molecule has 0 fully saturated rings. The summed E-state index contributed by atoms with van der Waals surface area (Å²) in [5, 5.41) is 12.5. The highest BCUT2D eigenvalue weighted by molar-refractivity contribution is 5.44. The number of likely N-dealkylation sites (N-methyl/N-ethyl adjacent to an activating group) is 1. The molecule has 0 spiro atoms. The second-order valence-corrected chi connectivity index (χ2v) is 5.93. The van der Waals surface area contributed by atoms with E-state index in [2.05, 4.69) is 38.2 Å². The van der Waals surface area contributed by atoms with E-state index in [9.17, 15) is 5.11 Å². The molecule has 114 valence electrons. The summed E-state index contributed by atoms with van der Waals surface area (Å²) in [4.78, 5) is 0. The highest BCUT2D eigenvalue weighted by Crippen LogP contribution is 2.26. The van der Waals surface area contributed by atoms with Crippen LogP contribution in [0.15, 0.2) is 12.1 Å². The van der Waals surface area contributed by atoms with Gasteiger partial charge in [-0.15, -0.1) is 0 Å². The minimum Gasteiger partial charge on any atom is -0.493 e. The number of unbranched alkanes of at least 4 members (excludes halogenated alkanes) is 1. The normalized spacial score (nSPS) is 14.1. The lowest BCUT2D eigenvalue weighted by Gasteiger charge is -2.26. The summed E-state index contributed by atoms with van der Waals surface area (Å²) >= 11 is 0. The van der Waals surface area contributed by atoms with Crippen LogP contribution in [0.1, 0.15) is 42.9 Å². The Morgan fingerprint density at radius 2 is 1.80 bits per heavy atom. The third-order valence-corrected chi connectivity index (χ3v) is 4.20. The zero-order chi connectivity index (χ0) is 15.2. The van der Waals surface area contributed by atoms with Crippen LogP contribution in [0.3, 0.4) is 0 Å². The highest BCUT2D eigenvalue weighted by Gasteiger charge is 2.19. The maximum atomic E-state index is 9.33. The van der Waals surface area contributed by atoms with E-state index in [1.807, 2.05) is 14.0 Å². The van der Waals surface area contributed by atoms with Crippen LogP contribution in [0.25, 0.3) is 0 Å². The molecular weight excluding hydrogens is 250 g/mol. The molecule has 2 N–H and O–H groups in total. The van der Waals surface area contributed by atoms with Crippen molar-refractivity contribution in [2.24, 2.45) is 0 Å². The Morgan fingerprint density at radius 3 is 2.40 bits per heavy atom. The van der Waals surface area contributed by atoms with Gasteiger partial charge in [-0.3, -0.25) is 0 Å². The van der Waals surface area contributed by atoms with Crippen molar-refractivity contribution in [1.29, 1.82) is 0 Å². The molecule has 20 heavy (non-hydrogen) atoms. The molecule has 1 atom stereocenters. The fourth-order valence-electron chi connectivity index (χ4n) is 2.22. The Kier molecular flexibility index (Phi) is 6.50. The molecule has 0 saturated heterocycles. The largest absolute Gasteiger partial charge is 0.493 e. The van der Waals surface area contributed by atoms with Crippen LogP contribution in [0.4, 0.5) is 0 Å². The van der Waals surface area contributed by atoms with Crippen LogP contribution in [-0.4, -0.2) is 30.9 Å². The molecule has 0 amide bonds. The van der Waals surface area contributed by atoms with Gasteiger partial charge in [0.15, 0.2) is 0 Å². The van der Waals surface area contributed by atoms with Gasteiger partial charge < -0.3 is 15.2 Å². The molecule has 0 saturated carbocycles. The van der Waals surface area contributed by atoms with E-state index < -0.39 is 0 Å². The van der Waals surface area contributed by atoms with E-state index in [1.54, 1.807) is 0 Å². The first-order valence-electron chi connectivity index (χ1n) is 7.43. The van der Waals surface area contributed by atoms with Gasteiger partial charge >= 0.3 is 0 Å². The number of aliphatic hydroxyl groups is 1. The molecule has 1 unspecified atom stereocenters. The molecule has 0 aliphatic rings. The predicted molar refractivity (Wildman–Crippen MR) is 84.5 cm³/mol. The Labute approximate surface area is 123 Å². The van der Waals surface area contributed by atoms with Crippen molar-refractivity contribution in [2.75, 3.05) is 20.3 Å². The summed E-state index contributed by atoms with van der Waals surface area (Å²) < 4.78 is 5.95. The molecule has 3 nitrogen and oxygen atoms in total. The average Bonchev–Trinajstić information content (AvgIpc) is 2.45. The lowest BCUT2D eigenvalue weighted by Crippen LogP contribution is -2.43. The van der Waals surface area contributed by atoms with Gasteiger partial charge in [-0.2, -0.15) is 0 Å². The first-order valence-corrected chi connectivity index (χ1v) is 7.43. The smallest absolute Gasteiger partial charge is 0.125 e. The van der Waals surface area contributed by atoms with Crippen LogP contribution >= 0.6 is 0 Å². The highest BCUT2D eigenvalue weighted by atomic mass is 16.5. The summed E-state index contributed by atoms with van der Waals surface area (Å²) in [6.45, 7) is 9.26. The van der Waals surface area contributed by atoms with Crippen LogP contribution in [-0.2, 0) is 0 Å². The SMILES string of the molecule is CNC(C)(CO)CCCCOc1c(C)ccc(C)c1C. The zero-order valence-electron chi connectivity index (χ0n) is 13.5. The molecule has 0 bridgehead atoms. The second kappa shape index (κ2) is 7.65. The van der Waals surface area contributed by atoms with Gasteiger partial charge in [0.2, 0.25) is 0 Å². The summed E-state index contributed by atoms with van der Waals surface area (Å²) in [6.07, 6.45) is 3.00. The number of benzene rings is 1. The lowest BCUT2D eigenvalue weighted by molar-refractivity contribution is 0.168. The molecule has 0 aromatic heterocycles. The van der Waals surface area contributed by atoms with E-state index in [0.717, 1.165) is 31.6 Å². The van der Waals surface area contributed by atoms with Gasteiger partial charge in [0.1, 0.15) is 5.75 Å². The van der Waals surface area contributed by atoms with Crippen molar-refractivity contribution >= 4 is 0 Å². The number of hydrogen-bond donors (Lipinski definition) is 2. The minimum atomic E-state index is -0.171. The van der Waals surface area contributed by atoms with E-state index in [1.165, 1.54) is 16.7 Å². The second-order valence-electron chi connectivity index (χ2n) is 5.93. The number of hydrogen-bond acceptors (Lipinski definition) is 3. The van der Waals surface area contributed by atoms with E-state index in [4.69, 9.17) is 4.74 Å². The average molecular weight is 279 g/mol. The third-order valence-electron chi connectivity index (χ3n) is 4.20. The van der Waals surface area contributed by atoms with Gasteiger partial charge in [-0.05, 0) is 70.7 Å². The minimum absolute atomic E-state index is 0.167. The molecular formula is C17H29NO2. The van der Waals surface area contributed by atoms with E-state index >= 15 is 0 Å². The number of ether oxygens (including phenoxy) is 1. The third kappa shape index (κ3) is 4.50. The number of aliphatic hydroxyl groups excluding tert-OH is 1. The maximum Gasteiger partial charge on any atom is 0.125 e. The van der Waals surface area contributed by atoms with Gasteiger partial charge in [0.25, 0.3) is 0 Å². The molecule has 3 heteroatoms. The van der Waals surface area contributed by atoms with Crippen LogP contribution in [0.2, 0.25) is 0 Å².